The molecule has 0 saturated heterocycles. The van der Waals surface area contributed by atoms with Gasteiger partial charge in [-0.1, -0.05) is 19.8 Å². The van der Waals surface area contributed by atoms with E-state index in [2.05, 4.69) is 13.0 Å². The minimum Gasteiger partial charge on any atom is -0.392 e. The van der Waals surface area contributed by atoms with E-state index in [4.69, 9.17) is 10.4 Å². The van der Waals surface area contributed by atoms with Crippen molar-refractivity contribution in [1.82, 2.24) is 0 Å². The zero-order valence-corrected chi connectivity index (χ0v) is 6.67. The maximum absolute atomic E-state index is 9.02. The fourth-order valence-corrected chi connectivity index (χ4v) is 0.838. The normalized spacial score (nSPS) is 15.8. The molecule has 0 aromatic rings. The summed E-state index contributed by atoms with van der Waals surface area (Å²) in [5.74, 6) is -0.167. The average Bonchev–Trinajstić information content (AvgIpc) is 1.89. The molecule has 1 N–H and O–H groups in total. The van der Waals surface area contributed by atoms with Crippen molar-refractivity contribution in [1.29, 1.82) is 5.26 Å². The van der Waals surface area contributed by atoms with E-state index in [1.54, 1.807) is 6.92 Å². The van der Waals surface area contributed by atoms with Crippen LogP contribution in [0.15, 0.2) is 0 Å². The standard InChI is InChI=1S/C8H15NO/c1-3-4-5-8(6-9)7(2)10/h7-8,10H,3-5H2,1-2H3/t7-,8-/m0/s1. The number of nitriles is 1. The van der Waals surface area contributed by atoms with Crippen molar-refractivity contribution in [3.05, 3.63) is 0 Å². The number of hydrogen-bond donors (Lipinski definition) is 1. The van der Waals surface area contributed by atoms with Gasteiger partial charge in [-0.2, -0.15) is 5.26 Å². The molecule has 0 fully saturated rings. The van der Waals surface area contributed by atoms with Gasteiger partial charge in [0.15, 0.2) is 0 Å². The van der Waals surface area contributed by atoms with E-state index < -0.39 is 6.10 Å². The second kappa shape index (κ2) is 5.25. The molecule has 2 heteroatoms. The number of nitrogens with zero attached hydrogens (tertiary/aromatic N) is 1. The fraction of sp³-hybridized carbons (Fsp3) is 0.875. The van der Waals surface area contributed by atoms with Crippen molar-refractivity contribution in [2.45, 2.75) is 39.2 Å². The van der Waals surface area contributed by atoms with E-state index >= 15 is 0 Å². The van der Waals surface area contributed by atoms with Crippen LogP contribution in [0, 0.1) is 17.2 Å². The third kappa shape index (κ3) is 3.47. The Hall–Kier alpha value is -0.550. The summed E-state index contributed by atoms with van der Waals surface area (Å²) >= 11 is 0. The van der Waals surface area contributed by atoms with Gasteiger partial charge in [-0.3, -0.25) is 0 Å². The lowest BCUT2D eigenvalue weighted by Crippen LogP contribution is -2.14. The summed E-state index contributed by atoms with van der Waals surface area (Å²) in [6, 6.07) is 2.09. The largest absolute Gasteiger partial charge is 0.392 e. The van der Waals surface area contributed by atoms with Gasteiger partial charge >= 0.3 is 0 Å². The van der Waals surface area contributed by atoms with Crippen LogP contribution in [0.2, 0.25) is 0 Å². The highest BCUT2D eigenvalue weighted by atomic mass is 16.3. The van der Waals surface area contributed by atoms with Crippen LogP contribution in [0.1, 0.15) is 33.1 Å². The molecule has 0 spiro atoms. The summed E-state index contributed by atoms with van der Waals surface area (Å²) in [5.41, 5.74) is 0. The third-order valence-electron chi connectivity index (χ3n) is 1.62. The molecule has 0 unspecified atom stereocenters. The van der Waals surface area contributed by atoms with E-state index in [0.717, 1.165) is 19.3 Å². The molecule has 0 aromatic heterocycles. The number of aliphatic hydroxyl groups is 1. The quantitative estimate of drug-likeness (QED) is 0.647. The zero-order valence-electron chi connectivity index (χ0n) is 6.67. The van der Waals surface area contributed by atoms with Gasteiger partial charge in [0.1, 0.15) is 0 Å². The number of rotatable bonds is 4. The molecule has 2 atom stereocenters. The Kier molecular flexibility index (Phi) is 4.96. The minimum absolute atomic E-state index is 0.167. The summed E-state index contributed by atoms with van der Waals surface area (Å²) in [7, 11) is 0. The molecule has 0 aliphatic heterocycles. The van der Waals surface area contributed by atoms with Gasteiger partial charge in [0.05, 0.1) is 18.1 Å². The minimum atomic E-state index is -0.475. The predicted octanol–water partition coefficient (Wildman–Crippen LogP) is 1.70. The Bertz CT molecular complexity index is 115. The van der Waals surface area contributed by atoms with Crippen molar-refractivity contribution < 1.29 is 5.11 Å². The lowest BCUT2D eigenvalue weighted by Gasteiger charge is -2.09. The van der Waals surface area contributed by atoms with Gasteiger partial charge in [-0.15, -0.1) is 0 Å². The summed E-state index contributed by atoms with van der Waals surface area (Å²) in [6.07, 6.45) is 2.47. The first-order chi connectivity index (χ1) is 4.72. The van der Waals surface area contributed by atoms with Crippen LogP contribution >= 0.6 is 0 Å². The molecular formula is C8H15NO. The second-order valence-corrected chi connectivity index (χ2v) is 2.62. The van der Waals surface area contributed by atoms with Gasteiger partial charge in [0.25, 0.3) is 0 Å². The fourth-order valence-electron chi connectivity index (χ4n) is 0.838. The maximum atomic E-state index is 9.02. The van der Waals surface area contributed by atoms with Crippen molar-refractivity contribution in [2.24, 2.45) is 5.92 Å². The van der Waals surface area contributed by atoms with Crippen molar-refractivity contribution in [3.8, 4) is 6.07 Å². The first-order valence-corrected chi connectivity index (χ1v) is 3.80. The van der Waals surface area contributed by atoms with Crippen LogP contribution in [-0.4, -0.2) is 11.2 Å². The third-order valence-corrected chi connectivity index (χ3v) is 1.62. The summed E-state index contributed by atoms with van der Waals surface area (Å²) in [5, 5.41) is 17.5. The Balaban J connectivity index is 3.53. The molecule has 10 heavy (non-hydrogen) atoms. The van der Waals surface area contributed by atoms with Gasteiger partial charge in [-0.25, -0.2) is 0 Å². The molecule has 0 aromatic carbocycles. The van der Waals surface area contributed by atoms with E-state index in [9.17, 15) is 0 Å². The highest BCUT2D eigenvalue weighted by Crippen LogP contribution is 2.11. The molecule has 0 bridgehead atoms. The van der Waals surface area contributed by atoms with Crippen LogP contribution in [0.4, 0.5) is 0 Å². The molecule has 58 valence electrons. The van der Waals surface area contributed by atoms with Gasteiger partial charge in [0.2, 0.25) is 0 Å². The first kappa shape index (κ1) is 9.45. The van der Waals surface area contributed by atoms with Gasteiger partial charge in [-0.05, 0) is 13.3 Å². The van der Waals surface area contributed by atoms with Crippen LogP contribution in [0.3, 0.4) is 0 Å². The van der Waals surface area contributed by atoms with Crippen LogP contribution in [0.25, 0.3) is 0 Å². The van der Waals surface area contributed by atoms with Crippen LogP contribution < -0.4 is 0 Å². The molecule has 0 radical (unpaired) electrons. The smallest absolute Gasteiger partial charge is 0.0720 e. The van der Waals surface area contributed by atoms with Crippen LogP contribution in [0.5, 0.6) is 0 Å². The van der Waals surface area contributed by atoms with Gasteiger partial charge < -0.3 is 5.11 Å². The molecular weight excluding hydrogens is 126 g/mol. The Morgan fingerprint density at radius 1 is 1.60 bits per heavy atom. The molecule has 0 rings (SSSR count). The molecule has 0 heterocycles. The van der Waals surface area contributed by atoms with Crippen molar-refractivity contribution >= 4 is 0 Å². The first-order valence-electron chi connectivity index (χ1n) is 3.80. The number of hydrogen-bond acceptors (Lipinski definition) is 2. The summed E-state index contributed by atoms with van der Waals surface area (Å²) < 4.78 is 0. The number of unbranched alkanes of at least 4 members (excludes halogenated alkanes) is 1. The molecule has 2 nitrogen and oxygen atoms in total. The monoisotopic (exact) mass is 141 g/mol. The topological polar surface area (TPSA) is 44.0 Å². The van der Waals surface area contributed by atoms with Crippen molar-refractivity contribution in [2.75, 3.05) is 0 Å². The Morgan fingerprint density at radius 3 is 2.50 bits per heavy atom. The summed E-state index contributed by atoms with van der Waals surface area (Å²) in [6.45, 7) is 3.75. The van der Waals surface area contributed by atoms with E-state index in [1.807, 2.05) is 0 Å². The molecule has 0 amide bonds. The van der Waals surface area contributed by atoms with E-state index in [-0.39, 0.29) is 5.92 Å². The predicted molar refractivity (Wildman–Crippen MR) is 40.3 cm³/mol. The van der Waals surface area contributed by atoms with Crippen molar-refractivity contribution in [3.63, 3.8) is 0 Å². The lowest BCUT2D eigenvalue weighted by atomic mass is 9.99. The average molecular weight is 141 g/mol. The molecule has 0 aliphatic carbocycles. The van der Waals surface area contributed by atoms with E-state index in [0.29, 0.717) is 0 Å². The molecule has 0 saturated carbocycles. The zero-order chi connectivity index (χ0) is 7.98. The summed E-state index contributed by atoms with van der Waals surface area (Å²) in [4.78, 5) is 0. The van der Waals surface area contributed by atoms with Gasteiger partial charge in [0, 0.05) is 0 Å². The van der Waals surface area contributed by atoms with E-state index in [1.165, 1.54) is 0 Å². The maximum Gasteiger partial charge on any atom is 0.0720 e. The Morgan fingerprint density at radius 2 is 2.20 bits per heavy atom. The SMILES string of the molecule is CCCC[C@@H](C#N)[C@H](C)O. The Labute approximate surface area is 62.5 Å². The number of aliphatic hydroxyl groups excluding tert-OH is 1. The lowest BCUT2D eigenvalue weighted by molar-refractivity contribution is 0.146. The highest BCUT2D eigenvalue weighted by molar-refractivity contribution is 4.85. The molecule has 0 aliphatic rings. The second-order valence-electron chi connectivity index (χ2n) is 2.62. The highest BCUT2D eigenvalue weighted by Gasteiger charge is 2.11. The van der Waals surface area contributed by atoms with Crippen LogP contribution in [-0.2, 0) is 0 Å².